The standard InChI is InChI=1S/C18H6N4O2S/c1-21-12-4-6-14-17(8-12)25(23,24)16-7-11(9-19)3-5-13(16)18(14)15(10-20)22-2/h3-8H. The van der Waals surface area contributed by atoms with Crippen LogP contribution in [0.1, 0.15) is 16.7 Å². The smallest absolute Gasteiger partial charge is 0.238 e. The molecular weight excluding hydrogens is 336 g/mol. The van der Waals surface area contributed by atoms with E-state index in [1.807, 2.05) is 6.07 Å². The van der Waals surface area contributed by atoms with Gasteiger partial charge in [0, 0.05) is 5.57 Å². The molecule has 3 rings (SSSR count). The topological polar surface area (TPSA) is 90.4 Å². The summed E-state index contributed by atoms with van der Waals surface area (Å²) >= 11 is 0. The van der Waals surface area contributed by atoms with Crippen molar-refractivity contribution >= 4 is 21.1 Å². The third-order valence-corrected chi connectivity index (χ3v) is 5.61. The van der Waals surface area contributed by atoms with E-state index in [-0.39, 0.29) is 43.4 Å². The highest BCUT2D eigenvalue weighted by Crippen LogP contribution is 2.44. The minimum absolute atomic E-state index is 0.128. The van der Waals surface area contributed by atoms with E-state index in [1.165, 1.54) is 36.4 Å². The Morgan fingerprint density at radius 1 is 1.00 bits per heavy atom. The number of hydrogen-bond acceptors (Lipinski definition) is 4. The van der Waals surface area contributed by atoms with Gasteiger partial charge in [-0.25, -0.2) is 23.4 Å². The first kappa shape index (κ1) is 16.0. The van der Waals surface area contributed by atoms with Crippen molar-refractivity contribution in [1.82, 2.24) is 0 Å². The first-order valence-corrected chi connectivity index (χ1v) is 8.29. The van der Waals surface area contributed by atoms with Crippen LogP contribution in [0.4, 0.5) is 5.69 Å². The van der Waals surface area contributed by atoms with Crippen LogP contribution in [0.2, 0.25) is 0 Å². The zero-order valence-corrected chi connectivity index (χ0v) is 13.3. The van der Waals surface area contributed by atoms with E-state index in [0.717, 1.165) is 0 Å². The molecule has 0 aliphatic carbocycles. The molecule has 0 N–H and O–H groups in total. The van der Waals surface area contributed by atoms with Crippen molar-refractivity contribution in [2.24, 2.45) is 0 Å². The van der Waals surface area contributed by atoms with E-state index in [1.54, 1.807) is 6.07 Å². The molecule has 0 amide bonds. The summed E-state index contributed by atoms with van der Waals surface area (Å²) in [5.74, 6) is 0. The highest BCUT2D eigenvalue weighted by Gasteiger charge is 2.34. The maximum atomic E-state index is 13.0. The molecule has 2 aromatic rings. The first-order valence-electron chi connectivity index (χ1n) is 6.81. The van der Waals surface area contributed by atoms with E-state index in [9.17, 15) is 13.7 Å². The number of benzene rings is 2. The summed E-state index contributed by atoms with van der Waals surface area (Å²) in [6.07, 6.45) is 0. The second-order valence-corrected chi connectivity index (χ2v) is 6.95. The monoisotopic (exact) mass is 342 g/mol. The average molecular weight is 342 g/mol. The molecule has 116 valence electrons. The quantitative estimate of drug-likeness (QED) is 0.462. The Morgan fingerprint density at radius 2 is 1.64 bits per heavy atom. The molecule has 1 aliphatic heterocycles. The van der Waals surface area contributed by atoms with Crippen molar-refractivity contribution in [1.29, 1.82) is 10.5 Å². The molecule has 0 radical (unpaired) electrons. The summed E-state index contributed by atoms with van der Waals surface area (Å²) in [6.45, 7) is 14.3. The second-order valence-electron chi connectivity index (χ2n) is 5.07. The molecule has 1 aliphatic rings. The van der Waals surface area contributed by atoms with Gasteiger partial charge in [-0.15, -0.1) is 0 Å². The van der Waals surface area contributed by atoms with Crippen LogP contribution in [0, 0.1) is 35.8 Å². The van der Waals surface area contributed by atoms with Gasteiger partial charge in [0.1, 0.15) is 0 Å². The second kappa shape index (κ2) is 5.62. The van der Waals surface area contributed by atoms with E-state index in [2.05, 4.69) is 9.69 Å². The fourth-order valence-electron chi connectivity index (χ4n) is 2.69. The van der Waals surface area contributed by atoms with Gasteiger partial charge in [-0.2, -0.15) is 5.26 Å². The van der Waals surface area contributed by atoms with Crippen LogP contribution in [-0.2, 0) is 9.84 Å². The van der Waals surface area contributed by atoms with E-state index < -0.39 is 9.84 Å². The largest absolute Gasteiger partial charge is 0.270 e. The lowest BCUT2D eigenvalue weighted by Gasteiger charge is -2.23. The molecule has 0 bridgehead atoms. The molecule has 2 aromatic carbocycles. The normalized spacial score (nSPS) is 15.4. The van der Waals surface area contributed by atoms with E-state index in [0.29, 0.717) is 0 Å². The van der Waals surface area contributed by atoms with Crippen molar-refractivity contribution in [3.05, 3.63) is 81.6 Å². The summed E-state index contributed by atoms with van der Waals surface area (Å²) in [5, 5.41) is 18.3. The van der Waals surface area contributed by atoms with Crippen LogP contribution in [0.3, 0.4) is 0 Å². The van der Waals surface area contributed by atoms with Crippen LogP contribution in [0.15, 0.2) is 51.9 Å². The summed E-state index contributed by atoms with van der Waals surface area (Å²) in [7, 11) is -3.99. The molecule has 6 nitrogen and oxygen atoms in total. The van der Waals surface area contributed by atoms with Crippen molar-refractivity contribution in [3.8, 4) is 12.1 Å². The zero-order chi connectivity index (χ0) is 18.2. The van der Waals surface area contributed by atoms with Crippen molar-refractivity contribution < 1.29 is 8.42 Å². The average Bonchev–Trinajstić information content (AvgIpc) is 2.64. The fraction of sp³-hybridized carbons (Fsp3) is 0. The van der Waals surface area contributed by atoms with Gasteiger partial charge in [0.2, 0.25) is 9.84 Å². The summed E-state index contributed by atoms with van der Waals surface area (Å²) in [5.41, 5.74) is 0.624. The van der Waals surface area contributed by atoms with Gasteiger partial charge >= 0.3 is 0 Å². The summed E-state index contributed by atoms with van der Waals surface area (Å²) in [6, 6.07) is 11.8. The number of allylic oxidation sites excluding steroid dienone is 1. The SMILES string of the molecule is [C-]#[N+]C(C#N)=C1c2ccc(C#N)cc2S(=O)(=O)c2cc([N+]#[C-])ccc21. The molecule has 0 unspecified atom stereocenters. The number of sulfone groups is 1. The van der Waals surface area contributed by atoms with Crippen molar-refractivity contribution in [2.75, 3.05) is 0 Å². The predicted octanol–water partition coefficient (Wildman–Crippen LogP) is 3.46. The third-order valence-electron chi connectivity index (χ3n) is 3.78. The highest BCUT2D eigenvalue weighted by molar-refractivity contribution is 7.91. The Morgan fingerprint density at radius 3 is 2.20 bits per heavy atom. The fourth-order valence-corrected chi connectivity index (χ4v) is 4.40. The molecule has 25 heavy (non-hydrogen) atoms. The van der Waals surface area contributed by atoms with Crippen molar-refractivity contribution in [2.45, 2.75) is 9.79 Å². The van der Waals surface area contributed by atoms with Crippen LogP contribution < -0.4 is 0 Å². The number of nitriles is 2. The molecule has 0 atom stereocenters. The third kappa shape index (κ3) is 2.25. The Hall–Kier alpha value is -3.91. The van der Waals surface area contributed by atoms with Gasteiger partial charge in [-0.05, 0) is 29.3 Å². The van der Waals surface area contributed by atoms with Gasteiger partial charge in [0.25, 0.3) is 5.70 Å². The first-order chi connectivity index (χ1) is 12.0. The number of fused-ring (bicyclic) bond motifs is 2. The zero-order valence-electron chi connectivity index (χ0n) is 12.5. The van der Waals surface area contributed by atoms with Gasteiger partial charge in [0.15, 0.2) is 5.69 Å². The molecule has 0 saturated carbocycles. The van der Waals surface area contributed by atoms with Crippen LogP contribution in [0.25, 0.3) is 15.3 Å². The number of hydrogen-bond donors (Lipinski definition) is 0. The Bertz CT molecular complexity index is 1150. The molecule has 0 saturated heterocycles. The minimum Gasteiger partial charge on any atom is -0.238 e. The van der Waals surface area contributed by atoms with Crippen molar-refractivity contribution in [3.63, 3.8) is 0 Å². The van der Waals surface area contributed by atoms with Gasteiger partial charge in [-0.1, -0.05) is 18.2 Å². The molecular formula is C18H6N4O2S. The highest BCUT2D eigenvalue weighted by atomic mass is 32.2. The number of nitrogens with zero attached hydrogens (tertiary/aromatic N) is 4. The lowest BCUT2D eigenvalue weighted by Crippen LogP contribution is -2.15. The van der Waals surface area contributed by atoms with E-state index in [4.69, 9.17) is 18.4 Å². The van der Waals surface area contributed by atoms with Gasteiger partial charge in [0.05, 0.1) is 40.6 Å². The maximum Gasteiger partial charge on any atom is 0.270 e. The van der Waals surface area contributed by atoms with Crippen LogP contribution in [0.5, 0.6) is 0 Å². The molecule has 0 spiro atoms. The number of rotatable bonds is 0. The van der Waals surface area contributed by atoms with Gasteiger partial charge in [-0.3, -0.25) is 0 Å². The summed E-state index contributed by atoms with van der Waals surface area (Å²) in [4.78, 5) is 6.16. The maximum absolute atomic E-state index is 13.0. The Balaban J connectivity index is 2.56. The lowest BCUT2D eigenvalue weighted by molar-refractivity contribution is 0.594. The van der Waals surface area contributed by atoms with Crippen LogP contribution in [-0.4, -0.2) is 8.42 Å². The predicted molar refractivity (Wildman–Crippen MR) is 87.5 cm³/mol. The van der Waals surface area contributed by atoms with E-state index >= 15 is 0 Å². The molecule has 7 heteroatoms. The Kier molecular flexibility index (Phi) is 3.59. The van der Waals surface area contributed by atoms with Gasteiger partial charge < -0.3 is 0 Å². The minimum atomic E-state index is -3.99. The molecule has 1 heterocycles. The van der Waals surface area contributed by atoms with Crippen LogP contribution >= 0.6 is 0 Å². The molecule has 0 fully saturated rings. The summed E-state index contributed by atoms with van der Waals surface area (Å²) < 4.78 is 26.0. The molecule has 0 aromatic heterocycles. The lowest BCUT2D eigenvalue weighted by atomic mass is 9.94. The Labute approximate surface area is 144 Å².